The third-order valence-corrected chi connectivity index (χ3v) is 6.55. The van der Waals surface area contributed by atoms with Crippen LogP contribution in [0.3, 0.4) is 0 Å². The number of methoxy groups -OCH3 is 1. The molecule has 0 saturated carbocycles. The molecule has 5 rings (SSSR count). The molecule has 0 bridgehead atoms. The van der Waals surface area contributed by atoms with Crippen molar-refractivity contribution in [1.29, 1.82) is 0 Å². The lowest BCUT2D eigenvalue weighted by molar-refractivity contribution is 0.100. The van der Waals surface area contributed by atoms with E-state index in [9.17, 15) is 14.4 Å². The van der Waals surface area contributed by atoms with Crippen LogP contribution in [-0.4, -0.2) is 24.5 Å². The van der Waals surface area contributed by atoms with Crippen molar-refractivity contribution < 1.29 is 23.9 Å². The van der Waals surface area contributed by atoms with Crippen LogP contribution in [0, 0.1) is 6.92 Å². The van der Waals surface area contributed by atoms with E-state index < -0.39 is 0 Å². The Morgan fingerprint density at radius 3 is 1.20 bits per heavy atom. The predicted molar refractivity (Wildman–Crippen MR) is 154 cm³/mol. The molecule has 0 fully saturated rings. The maximum absolute atomic E-state index is 13.3. The van der Waals surface area contributed by atoms with Gasteiger partial charge >= 0.3 is 0 Å². The zero-order chi connectivity index (χ0) is 28.1. The fourth-order valence-electron chi connectivity index (χ4n) is 4.29. The molecule has 5 nitrogen and oxygen atoms in total. The lowest BCUT2D eigenvalue weighted by Gasteiger charge is -2.10. The highest BCUT2D eigenvalue weighted by atomic mass is 16.5. The van der Waals surface area contributed by atoms with Gasteiger partial charge in [-0.3, -0.25) is 14.4 Å². The van der Waals surface area contributed by atoms with Crippen LogP contribution in [0.25, 0.3) is 0 Å². The lowest BCUT2D eigenvalue weighted by Crippen LogP contribution is -2.11. The Morgan fingerprint density at radius 2 is 0.800 bits per heavy atom. The number of ketones is 3. The Balaban J connectivity index is 1.28. The monoisotopic (exact) mass is 526 g/mol. The summed E-state index contributed by atoms with van der Waals surface area (Å²) in [6.07, 6.45) is 0. The molecule has 196 valence electrons. The van der Waals surface area contributed by atoms with E-state index in [1.54, 1.807) is 116 Å². The van der Waals surface area contributed by atoms with Crippen LogP contribution in [-0.2, 0) is 0 Å². The van der Waals surface area contributed by atoms with E-state index in [1.165, 1.54) is 0 Å². The molecule has 0 N–H and O–H groups in total. The number of hydrogen-bond acceptors (Lipinski definition) is 5. The van der Waals surface area contributed by atoms with Crippen LogP contribution < -0.4 is 9.47 Å². The lowest BCUT2D eigenvalue weighted by atomic mass is 9.93. The van der Waals surface area contributed by atoms with Gasteiger partial charge in [-0.05, 0) is 79.7 Å². The van der Waals surface area contributed by atoms with Crippen LogP contribution in [0.5, 0.6) is 17.2 Å². The summed E-state index contributed by atoms with van der Waals surface area (Å²) in [7, 11) is 1.58. The standard InChI is InChI=1S/C35H26O5/c1-23-7-9-26(10-8-23)34(37)31-5-3-4-6-32(31)35(38)27-15-21-30(22-16-27)40-29-19-13-25(14-20-29)33(36)24-11-17-28(39-2)18-12-24/h3-22H,1-2H3. The molecule has 0 atom stereocenters. The van der Waals surface area contributed by atoms with Crippen LogP contribution in [0.15, 0.2) is 121 Å². The fraction of sp³-hybridized carbons (Fsp3) is 0.0571. The van der Waals surface area contributed by atoms with E-state index in [1.807, 2.05) is 19.1 Å². The van der Waals surface area contributed by atoms with E-state index in [-0.39, 0.29) is 17.3 Å². The van der Waals surface area contributed by atoms with Gasteiger partial charge in [0.2, 0.25) is 0 Å². The summed E-state index contributed by atoms with van der Waals surface area (Å²) >= 11 is 0. The maximum Gasteiger partial charge on any atom is 0.193 e. The number of hydrogen-bond donors (Lipinski definition) is 0. The van der Waals surface area contributed by atoms with Gasteiger partial charge in [-0.1, -0.05) is 54.1 Å². The van der Waals surface area contributed by atoms with Gasteiger partial charge in [0, 0.05) is 33.4 Å². The first-order valence-electron chi connectivity index (χ1n) is 12.7. The van der Waals surface area contributed by atoms with Crippen LogP contribution in [0.4, 0.5) is 0 Å². The van der Waals surface area contributed by atoms with Crippen molar-refractivity contribution in [2.45, 2.75) is 6.92 Å². The zero-order valence-electron chi connectivity index (χ0n) is 22.1. The molecule has 40 heavy (non-hydrogen) atoms. The topological polar surface area (TPSA) is 69.7 Å². The van der Waals surface area contributed by atoms with Crippen LogP contribution >= 0.6 is 0 Å². The molecule has 5 heteroatoms. The Morgan fingerprint density at radius 1 is 0.450 bits per heavy atom. The van der Waals surface area contributed by atoms with Gasteiger partial charge < -0.3 is 9.47 Å². The summed E-state index contributed by atoms with van der Waals surface area (Å²) in [5.41, 5.74) is 3.85. The molecule has 5 aromatic rings. The van der Waals surface area contributed by atoms with Crippen LogP contribution in [0.1, 0.15) is 53.3 Å². The molecule has 0 unspecified atom stereocenters. The molecule has 0 aromatic heterocycles. The van der Waals surface area contributed by atoms with E-state index >= 15 is 0 Å². The molecule has 0 radical (unpaired) electrons. The number of benzene rings is 5. The summed E-state index contributed by atoms with van der Waals surface area (Å²) < 4.78 is 11.1. The average molecular weight is 527 g/mol. The Kier molecular flexibility index (Phi) is 7.65. The summed E-state index contributed by atoms with van der Waals surface area (Å²) in [6, 6.07) is 34.7. The maximum atomic E-state index is 13.3. The second kappa shape index (κ2) is 11.6. The Labute approximate surface area is 232 Å². The summed E-state index contributed by atoms with van der Waals surface area (Å²) in [5.74, 6) is 1.24. The van der Waals surface area contributed by atoms with Crippen molar-refractivity contribution in [3.8, 4) is 17.2 Å². The SMILES string of the molecule is COc1ccc(C(=O)c2ccc(Oc3ccc(C(=O)c4ccccc4C(=O)c4ccc(C)cc4)cc3)cc2)cc1. The molecule has 0 saturated heterocycles. The normalized spacial score (nSPS) is 10.6. The number of ether oxygens (including phenoxy) is 2. The third-order valence-electron chi connectivity index (χ3n) is 6.55. The van der Waals surface area contributed by atoms with Crippen molar-refractivity contribution in [1.82, 2.24) is 0 Å². The number of carbonyl (C=O) groups is 3. The molecule has 5 aromatic carbocycles. The molecular formula is C35H26O5. The van der Waals surface area contributed by atoms with E-state index in [0.29, 0.717) is 50.6 Å². The molecule has 0 aliphatic rings. The zero-order valence-corrected chi connectivity index (χ0v) is 22.1. The van der Waals surface area contributed by atoms with Gasteiger partial charge in [0.15, 0.2) is 17.3 Å². The van der Waals surface area contributed by atoms with Crippen LogP contribution in [0.2, 0.25) is 0 Å². The van der Waals surface area contributed by atoms with Gasteiger partial charge in [0.05, 0.1) is 7.11 Å². The third kappa shape index (κ3) is 5.74. The van der Waals surface area contributed by atoms with E-state index in [4.69, 9.17) is 9.47 Å². The van der Waals surface area contributed by atoms with Crippen molar-refractivity contribution in [2.75, 3.05) is 7.11 Å². The first kappa shape index (κ1) is 26.3. The molecule has 0 spiro atoms. The first-order valence-corrected chi connectivity index (χ1v) is 12.7. The second-order valence-electron chi connectivity index (χ2n) is 9.28. The smallest absolute Gasteiger partial charge is 0.193 e. The Bertz CT molecular complexity index is 1660. The highest BCUT2D eigenvalue weighted by molar-refractivity contribution is 6.19. The number of rotatable bonds is 9. The van der Waals surface area contributed by atoms with Crippen molar-refractivity contribution in [3.63, 3.8) is 0 Å². The minimum Gasteiger partial charge on any atom is -0.497 e. The molecule has 0 amide bonds. The molecular weight excluding hydrogens is 500 g/mol. The predicted octanol–water partition coefficient (Wildman–Crippen LogP) is 7.49. The van der Waals surface area contributed by atoms with Crippen molar-refractivity contribution in [2.24, 2.45) is 0 Å². The van der Waals surface area contributed by atoms with Gasteiger partial charge in [0.1, 0.15) is 17.2 Å². The largest absolute Gasteiger partial charge is 0.497 e. The van der Waals surface area contributed by atoms with Gasteiger partial charge in [-0.25, -0.2) is 0 Å². The van der Waals surface area contributed by atoms with Gasteiger partial charge in [-0.2, -0.15) is 0 Å². The Hall–Kier alpha value is -5.29. The van der Waals surface area contributed by atoms with Gasteiger partial charge in [-0.15, -0.1) is 0 Å². The van der Waals surface area contributed by atoms with Crippen molar-refractivity contribution in [3.05, 3.63) is 160 Å². The molecule has 0 heterocycles. The highest BCUT2D eigenvalue weighted by Crippen LogP contribution is 2.25. The average Bonchev–Trinajstić information content (AvgIpc) is 3.01. The quantitative estimate of drug-likeness (QED) is 0.186. The molecule has 0 aliphatic carbocycles. The summed E-state index contributed by atoms with van der Waals surface area (Å²) in [5, 5.41) is 0. The molecule has 0 aliphatic heterocycles. The van der Waals surface area contributed by atoms with Crippen molar-refractivity contribution >= 4 is 17.3 Å². The summed E-state index contributed by atoms with van der Waals surface area (Å²) in [4.78, 5) is 39.3. The van der Waals surface area contributed by atoms with E-state index in [0.717, 1.165) is 5.56 Å². The summed E-state index contributed by atoms with van der Waals surface area (Å²) in [6.45, 7) is 1.96. The second-order valence-corrected chi connectivity index (χ2v) is 9.28. The van der Waals surface area contributed by atoms with Gasteiger partial charge in [0.25, 0.3) is 0 Å². The fourth-order valence-corrected chi connectivity index (χ4v) is 4.29. The highest BCUT2D eigenvalue weighted by Gasteiger charge is 2.19. The van der Waals surface area contributed by atoms with E-state index in [2.05, 4.69) is 0 Å². The minimum atomic E-state index is -0.246. The minimum absolute atomic E-state index is 0.0989. The number of carbonyl (C=O) groups excluding carboxylic acids is 3. The first-order chi connectivity index (χ1) is 19.4. The number of aryl methyl sites for hydroxylation is 1.